The first kappa shape index (κ1) is 15.0. The number of alkyl halides is 3. The second-order valence-electron chi connectivity index (χ2n) is 4.42. The zero-order valence-corrected chi connectivity index (χ0v) is 10.6. The fourth-order valence-corrected chi connectivity index (χ4v) is 1.82. The number of carboxylic acids is 1. The molecule has 112 valence electrons. The summed E-state index contributed by atoms with van der Waals surface area (Å²) in [5, 5.41) is 12.2. The van der Waals surface area contributed by atoms with Crippen LogP contribution in [0.1, 0.15) is 5.56 Å². The molecular weight excluding hydrogens is 292 g/mol. The molecule has 0 spiro atoms. The molecule has 0 amide bonds. The number of benzene rings is 1. The van der Waals surface area contributed by atoms with Crippen LogP contribution < -0.4 is 0 Å². The van der Waals surface area contributed by atoms with Crippen molar-refractivity contribution >= 4 is 5.97 Å². The molecule has 1 aromatic heterocycles. The number of carboxylic acid groups (broad SMARTS) is 1. The quantitative estimate of drug-likeness (QED) is 0.884. The van der Waals surface area contributed by atoms with Crippen LogP contribution >= 0.6 is 0 Å². The highest BCUT2D eigenvalue weighted by Crippen LogP contribution is 2.23. The molecule has 21 heavy (non-hydrogen) atoms. The van der Waals surface area contributed by atoms with Gasteiger partial charge in [-0.25, -0.2) is 4.39 Å². The highest BCUT2D eigenvalue weighted by molar-refractivity contribution is 5.71. The van der Waals surface area contributed by atoms with E-state index in [-0.39, 0.29) is 5.56 Å². The van der Waals surface area contributed by atoms with Crippen LogP contribution in [0.25, 0.3) is 11.1 Å². The van der Waals surface area contributed by atoms with E-state index in [0.717, 1.165) is 12.3 Å². The number of rotatable bonds is 4. The molecule has 8 heteroatoms. The van der Waals surface area contributed by atoms with Crippen LogP contribution in [0.3, 0.4) is 0 Å². The van der Waals surface area contributed by atoms with Crippen molar-refractivity contribution in [1.82, 2.24) is 9.78 Å². The fraction of sp³-hybridized carbons (Fsp3) is 0.231. The number of hydrogen-bond acceptors (Lipinski definition) is 2. The zero-order valence-electron chi connectivity index (χ0n) is 10.6. The average molecular weight is 302 g/mol. The summed E-state index contributed by atoms with van der Waals surface area (Å²) in [4.78, 5) is 10.5. The fourth-order valence-electron chi connectivity index (χ4n) is 1.82. The summed E-state index contributed by atoms with van der Waals surface area (Å²) < 4.78 is 51.1. The molecule has 0 aliphatic carbocycles. The zero-order chi connectivity index (χ0) is 15.6. The Balaban J connectivity index is 2.23. The lowest BCUT2D eigenvalue weighted by Gasteiger charge is -2.05. The Labute approximate surface area is 116 Å². The maximum atomic E-state index is 13.7. The van der Waals surface area contributed by atoms with Gasteiger partial charge in [-0.15, -0.1) is 0 Å². The summed E-state index contributed by atoms with van der Waals surface area (Å²) in [7, 11) is 0. The molecule has 2 rings (SSSR count). The standard InChI is InChI=1S/C13H10F4N2O2/c14-11-3-8(1-2-9(11)4-12(20)21)10-5-18-19(6-10)7-13(15,16)17/h1-3,5-6H,4,7H2,(H,20,21). The lowest BCUT2D eigenvalue weighted by molar-refractivity contribution is -0.142. The molecule has 0 aliphatic heterocycles. The number of hydrogen-bond donors (Lipinski definition) is 1. The lowest BCUT2D eigenvalue weighted by Crippen LogP contribution is -2.17. The van der Waals surface area contributed by atoms with Gasteiger partial charge in [0.05, 0.1) is 12.6 Å². The molecule has 1 heterocycles. The third kappa shape index (κ3) is 4.04. The molecule has 0 atom stereocenters. The Morgan fingerprint density at radius 1 is 1.29 bits per heavy atom. The second kappa shape index (κ2) is 5.55. The average Bonchev–Trinajstić information content (AvgIpc) is 2.77. The van der Waals surface area contributed by atoms with Crippen molar-refractivity contribution < 1.29 is 27.5 Å². The van der Waals surface area contributed by atoms with Crippen LogP contribution in [0.5, 0.6) is 0 Å². The lowest BCUT2D eigenvalue weighted by atomic mass is 10.0. The van der Waals surface area contributed by atoms with Crippen molar-refractivity contribution in [2.24, 2.45) is 0 Å². The Bertz CT molecular complexity index is 664. The Morgan fingerprint density at radius 3 is 2.57 bits per heavy atom. The van der Waals surface area contributed by atoms with Crippen LogP contribution in [0.15, 0.2) is 30.6 Å². The summed E-state index contributed by atoms with van der Waals surface area (Å²) >= 11 is 0. The third-order valence-electron chi connectivity index (χ3n) is 2.70. The first-order valence-electron chi connectivity index (χ1n) is 5.84. The molecule has 0 radical (unpaired) electrons. The van der Waals surface area contributed by atoms with Crippen LogP contribution in [0, 0.1) is 5.82 Å². The van der Waals surface area contributed by atoms with Gasteiger partial charge in [0, 0.05) is 11.8 Å². The Kier molecular flexibility index (Phi) is 3.97. The summed E-state index contributed by atoms with van der Waals surface area (Å²) in [6.45, 7) is -1.23. The van der Waals surface area contributed by atoms with Crippen molar-refractivity contribution in [3.63, 3.8) is 0 Å². The van der Waals surface area contributed by atoms with Crippen LogP contribution in [0.4, 0.5) is 17.6 Å². The van der Waals surface area contributed by atoms with E-state index in [0.29, 0.717) is 15.8 Å². The maximum absolute atomic E-state index is 13.7. The molecule has 2 aromatic rings. The number of halogens is 4. The van der Waals surface area contributed by atoms with Gasteiger partial charge in [-0.2, -0.15) is 18.3 Å². The number of aromatic nitrogens is 2. The van der Waals surface area contributed by atoms with E-state index < -0.39 is 30.9 Å². The van der Waals surface area contributed by atoms with E-state index in [1.54, 1.807) is 0 Å². The number of aliphatic carboxylic acids is 1. The summed E-state index contributed by atoms with van der Waals surface area (Å²) in [6.07, 6.45) is -2.50. The molecule has 4 nitrogen and oxygen atoms in total. The van der Waals surface area contributed by atoms with Gasteiger partial charge in [0.15, 0.2) is 0 Å². The van der Waals surface area contributed by atoms with E-state index in [9.17, 15) is 22.4 Å². The van der Waals surface area contributed by atoms with E-state index in [2.05, 4.69) is 5.10 Å². The smallest absolute Gasteiger partial charge is 0.408 e. The minimum Gasteiger partial charge on any atom is -0.481 e. The molecule has 1 aromatic carbocycles. The first-order chi connectivity index (χ1) is 9.74. The van der Waals surface area contributed by atoms with Gasteiger partial charge < -0.3 is 5.11 Å². The molecule has 0 bridgehead atoms. The van der Waals surface area contributed by atoms with E-state index in [1.807, 2.05) is 0 Å². The van der Waals surface area contributed by atoms with Gasteiger partial charge in [0.1, 0.15) is 12.4 Å². The van der Waals surface area contributed by atoms with Crippen molar-refractivity contribution in [2.45, 2.75) is 19.1 Å². The Morgan fingerprint density at radius 2 is 2.00 bits per heavy atom. The Hall–Kier alpha value is -2.38. The highest BCUT2D eigenvalue weighted by Gasteiger charge is 2.28. The normalized spacial score (nSPS) is 11.6. The van der Waals surface area contributed by atoms with Gasteiger partial charge >= 0.3 is 12.1 Å². The van der Waals surface area contributed by atoms with Gasteiger partial charge in [0.2, 0.25) is 0 Å². The number of nitrogens with zero attached hydrogens (tertiary/aromatic N) is 2. The van der Waals surface area contributed by atoms with Crippen LogP contribution in [-0.4, -0.2) is 27.0 Å². The third-order valence-corrected chi connectivity index (χ3v) is 2.70. The first-order valence-corrected chi connectivity index (χ1v) is 5.84. The van der Waals surface area contributed by atoms with Crippen molar-refractivity contribution in [2.75, 3.05) is 0 Å². The van der Waals surface area contributed by atoms with Crippen molar-refractivity contribution in [1.29, 1.82) is 0 Å². The summed E-state index contributed by atoms with van der Waals surface area (Å²) in [5.74, 6) is -1.89. The van der Waals surface area contributed by atoms with Gasteiger partial charge in [-0.3, -0.25) is 9.48 Å². The molecule has 0 saturated heterocycles. The molecular formula is C13H10F4N2O2. The van der Waals surface area contributed by atoms with E-state index in [1.165, 1.54) is 18.3 Å². The number of carbonyl (C=O) groups is 1. The van der Waals surface area contributed by atoms with Crippen LogP contribution in [-0.2, 0) is 17.8 Å². The summed E-state index contributed by atoms with van der Waals surface area (Å²) in [5.41, 5.74) is 0.657. The summed E-state index contributed by atoms with van der Waals surface area (Å²) in [6, 6.07) is 3.81. The monoisotopic (exact) mass is 302 g/mol. The molecule has 1 N–H and O–H groups in total. The van der Waals surface area contributed by atoms with Gasteiger partial charge in [-0.1, -0.05) is 12.1 Å². The van der Waals surface area contributed by atoms with Crippen molar-refractivity contribution in [3.05, 3.63) is 42.0 Å². The minimum absolute atomic E-state index is 0.00827. The van der Waals surface area contributed by atoms with Gasteiger partial charge in [-0.05, 0) is 17.2 Å². The topological polar surface area (TPSA) is 55.1 Å². The molecule has 0 fully saturated rings. The predicted octanol–water partition coefficient (Wildman–Crippen LogP) is 2.88. The SMILES string of the molecule is O=C(O)Cc1ccc(-c2cnn(CC(F)(F)F)c2)cc1F. The van der Waals surface area contributed by atoms with Crippen molar-refractivity contribution in [3.8, 4) is 11.1 Å². The largest absolute Gasteiger partial charge is 0.481 e. The highest BCUT2D eigenvalue weighted by atomic mass is 19.4. The van der Waals surface area contributed by atoms with E-state index in [4.69, 9.17) is 5.11 Å². The molecule has 0 aliphatic rings. The minimum atomic E-state index is -4.39. The maximum Gasteiger partial charge on any atom is 0.408 e. The van der Waals surface area contributed by atoms with E-state index >= 15 is 0 Å². The molecule has 0 unspecified atom stereocenters. The molecule has 0 saturated carbocycles. The van der Waals surface area contributed by atoms with Gasteiger partial charge in [0.25, 0.3) is 0 Å². The predicted molar refractivity (Wildman–Crippen MR) is 65.0 cm³/mol. The van der Waals surface area contributed by atoms with Crippen LogP contribution in [0.2, 0.25) is 0 Å². The second-order valence-corrected chi connectivity index (χ2v) is 4.42.